The van der Waals surface area contributed by atoms with Gasteiger partial charge < -0.3 is 14.7 Å². The molecule has 0 radical (unpaired) electrons. The van der Waals surface area contributed by atoms with Gasteiger partial charge in [-0.1, -0.05) is 35.5 Å². The molecule has 2 saturated heterocycles. The summed E-state index contributed by atoms with van der Waals surface area (Å²) in [6.45, 7) is 2.54. The first-order chi connectivity index (χ1) is 12.6. The van der Waals surface area contributed by atoms with Crippen molar-refractivity contribution in [3.8, 4) is 0 Å². The number of hydrogen-bond acceptors (Lipinski definition) is 6. The fourth-order valence-corrected chi connectivity index (χ4v) is 4.65. The van der Waals surface area contributed by atoms with Gasteiger partial charge in [0, 0.05) is 24.4 Å². The predicted molar refractivity (Wildman–Crippen MR) is 94.4 cm³/mol. The zero-order chi connectivity index (χ0) is 18.6. The van der Waals surface area contributed by atoms with Gasteiger partial charge in [0.15, 0.2) is 5.82 Å². The third kappa shape index (κ3) is 3.64. The standard InChI is InChI=1S/C18H23N3O2.CH2O2/c1-13-19-17(20-23-13)11-21-15-7-8-16(21)18(10-15,12-22)9-14-5-3-2-4-6-14;2-1-3/h2-6,15-16,22H,7-12H2,1H3;1H,(H,2,3)/t15-,16+,18-;/m1./s1. The Labute approximate surface area is 152 Å². The zero-order valence-corrected chi connectivity index (χ0v) is 14.9. The van der Waals surface area contributed by atoms with Crippen molar-refractivity contribution in [1.82, 2.24) is 15.0 Å². The Bertz CT molecular complexity index is 721. The molecule has 0 saturated carbocycles. The van der Waals surface area contributed by atoms with Crippen LogP contribution in [-0.2, 0) is 17.8 Å². The van der Waals surface area contributed by atoms with Crippen LogP contribution in [0.15, 0.2) is 34.9 Å². The number of nitrogens with zero attached hydrogens (tertiary/aromatic N) is 3. The van der Waals surface area contributed by atoms with Gasteiger partial charge in [-0.05, 0) is 31.2 Å². The summed E-state index contributed by atoms with van der Waals surface area (Å²) >= 11 is 0. The first-order valence-electron chi connectivity index (χ1n) is 8.89. The van der Waals surface area contributed by atoms with E-state index in [-0.39, 0.29) is 18.5 Å². The van der Waals surface area contributed by atoms with E-state index in [0.29, 0.717) is 18.0 Å². The lowest BCUT2D eigenvalue weighted by atomic mass is 9.70. The smallest absolute Gasteiger partial charge is 0.290 e. The molecule has 0 unspecified atom stereocenters. The average molecular weight is 359 g/mol. The number of benzene rings is 1. The topological polar surface area (TPSA) is 99.7 Å². The number of aromatic nitrogens is 2. The highest BCUT2D eigenvalue weighted by atomic mass is 16.5. The zero-order valence-electron chi connectivity index (χ0n) is 14.9. The van der Waals surface area contributed by atoms with Gasteiger partial charge in [-0.3, -0.25) is 9.69 Å². The van der Waals surface area contributed by atoms with E-state index in [1.165, 1.54) is 12.0 Å². The number of hydrogen-bond donors (Lipinski definition) is 2. The lowest BCUT2D eigenvalue weighted by Crippen LogP contribution is -2.41. The van der Waals surface area contributed by atoms with E-state index in [4.69, 9.17) is 14.4 Å². The van der Waals surface area contributed by atoms with E-state index in [1.807, 2.05) is 13.0 Å². The Morgan fingerprint density at radius 3 is 2.69 bits per heavy atom. The van der Waals surface area contributed by atoms with Gasteiger partial charge in [-0.15, -0.1) is 0 Å². The number of aliphatic hydroxyl groups is 1. The van der Waals surface area contributed by atoms with Crippen LogP contribution in [-0.4, -0.2) is 50.4 Å². The SMILES string of the molecule is Cc1nc(CN2[C@@H]3CC[C@H]2[C@](CO)(Cc2ccccc2)C3)no1.O=CO. The van der Waals surface area contributed by atoms with E-state index in [1.54, 1.807) is 0 Å². The van der Waals surface area contributed by atoms with Crippen LogP contribution in [0.5, 0.6) is 0 Å². The highest BCUT2D eigenvalue weighted by Gasteiger charge is 2.55. The van der Waals surface area contributed by atoms with Crippen molar-refractivity contribution >= 4 is 6.47 Å². The molecule has 3 heterocycles. The summed E-state index contributed by atoms with van der Waals surface area (Å²) in [6, 6.07) is 11.4. The monoisotopic (exact) mass is 359 g/mol. The fourth-order valence-electron chi connectivity index (χ4n) is 4.65. The Morgan fingerprint density at radius 2 is 2.08 bits per heavy atom. The minimum absolute atomic E-state index is 0.0386. The fraction of sp³-hybridized carbons (Fsp3) is 0.526. The predicted octanol–water partition coefficient (Wildman–Crippen LogP) is 2.04. The van der Waals surface area contributed by atoms with Crippen LogP contribution in [0, 0.1) is 12.3 Å². The molecular formula is C19H25N3O4. The van der Waals surface area contributed by atoms with Gasteiger partial charge in [0.2, 0.25) is 5.89 Å². The van der Waals surface area contributed by atoms with Crippen LogP contribution >= 0.6 is 0 Å². The number of aryl methyl sites for hydroxylation is 1. The summed E-state index contributed by atoms with van der Waals surface area (Å²) in [5.41, 5.74) is 1.27. The molecule has 2 N–H and O–H groups in total. The van der Waals surface area contributed by atoms with Gasteiger partial charge >= 0.3 is 0 Å². The number of rotatable bonds is 5. The summed E-state index contributed by atoms with van der Waals surface area (Å²) in [5, 5.41) is 21.1. The molecule has 2 bridgehead atoms. The van der Waals surface area contributed by atoms with E-state index >= 15 is 0 Å². The van der Waals surface area contributed by atoms with Crippen LogP contribution in [0.4, 0.5) is 0 Å². The van der Waals surface area contributed by atoms with Crippen molar-refractivity contribution in [3.63, 3.8) is 0 Å². The van der Waals surface area contributed by atoms with Gasteiger partial charge in [-0.2, -0.15) is 4.98 Å². The molecule has 2 fully saturated rings. The van der Waals surface area contributed by atoms with E-state index in [2.05, 4.69) is 39.3 Å². The van der Waals surface area contributed by atoms with Gasteiger partial charge in [0.05, 0.1) is 13.2 Å². The average Bonchev–Trinajstić information content (AvgIpc) is 3.31. The number of fused-ring (bicyclic) bond motifs is 2. The molecule has 4 rings (SSSR count). The number of carbonyl (C=O) groups is 1. The Balaban J connectivity index is 0.000000613. The second-order valence-electron chi connectivity index (χ2n) is 7.14. The minimum Gasteiger partial charge on any atom is -0.483 e. The van der Waals surface area contributed by atoms with Crippen LogP contribution < -0.4 is 0 Å². The van der Waals surface area contributed by atoms with Crippen LogP contribution in [0.25, 0.3) is 0 Å². The molecule has 2 aliphatic rings. The van der Waals surface area contributed by atoms with E-state index in [0.717, 1.165) is 31.6 Å². The second-order valence-corrected chi connectivity index (χ2v) is 7.14. The summed E-state index contributed by atoms with van der Waals surface area (Å²) in [5.74, 6) is 1.37. The largest absolute Gasteiger partial charge is 0.483 e. The molecule has 0 aliphatic carbocycles. The molecule has 7 heteroatoms. The lowest BCUT2D eigenvalue weighted by molar-refractivity contribution is -0.122. The van der Waals surface area contributed by atoms with Crippen molar-refractivity contribution in [1.29, 1.82) is 0 Å². The molecule has 1 aromatic carbocycles. The van der Waals surface area contributed by atoms with Gasteiger partial charge in [0.1, 0.15) is 0 Å². The van der Waals surface area contributed by atoms with Crippen molar-refractivity contribution in [3.05, 3.63) is 47.6 Å². The van der Waals surface area contributed by atoms with Crippen LogP contribution in [0.1, 0.15) is 36.5 Å². The third-order valence-electron chi connectivity index (χ3n) is 5.60. The molecule has 0 spiro atoms. The summed E-state index contributed by atoms with van der Waals surface area (Å²) in [4.78, 5) is 15.2. The van der Waals surface area contributed by atoms with Crippen molar-refractivity contribution in [2.75, 3.05) is 6.61 Å². The van der Waals surface area contributed by atoms with Crippen LogP contribution in [0.3, 0.4) is 0 Å². The minimum atomic E-state index is -0.250. The first-order valence-corrected chi connectivity index (χ1v) is 8.89. The Hall–Kier alpha value is -2.25. The highest BCUT2D eigenvalue weighted by molar-refractivity contribution is 5.32. The van der Waals surface area contributed by atoms with E-state index < -0.39 is 0 Å². The summed E-state index contributed by atoms with van der Waals surface area (Å²) in [6.07, 6.45) is 4.35. The summed E-state index contributed by atoms with van der Waals surface area (Å²) < 4.78 is 5.10. The quantitative estimate of drug-likeness (QED) is 0.788. The molecule has 26 heavy (non-hydrogen) atoms. The van der Waals surface area contributed by atoms with Crippen LogP contribution in [0.2, 0.25) is 0 Å². The van der Waals surface area contributed by atoms with Gasteiger partial charge in [-0.25, -0.2) is 0 Å². The Morgan fingerprint density at radius 1 is 1.35 bits per heavy atom. The maximum Gasteiger partial charge on any atom is 0.290 e. The lowest BCUT2D eigenvalue weighted by Gasteiger charge is -2.36. The Kier molecular flexibility index (Phi) is 5.68. The summed E-state index contributed by atoms with van der Waals surface area (Å²) in [7, 11) is 0. The number of carboxylic acid groups (broad SMARTS) is 1. The third-order valence-corrected chi connectivity index (χ3v) is 5.60. The molecule has 7 nitrogen and oxygen atoms in total. The molecule has 0 amide bonds. The maximum atomic E-state index is 10.2. The molecule has 1 aromatic heterocycles. The highest BCUT2D eigenvalue weighted by Crippen LogP contribution is 2.51. The molecular weight excluding hydrogens is 334 g/mol. The van der Waals surface area contributed by atoms with Crippen molar-refractivity contribution < 1.29 is 19.5 Å². The van der Waals surface area contributed by atoms with Crippen molar-refractivity contribution in [2.24, 2.45) is 5.41 Å². The molecule has 2 aromatic rings. The number of aliphatic hydroxyl groups excluding tert-OH is 1. The second kappa shape index (κ2) is 7.97. The first kappa shape index (κ1) is 18.5. The molecule has 140 valence electrons. The normalized spacial score (nSPS) is 27.2. The maximum absolute atomic E-state index is 10.2. The molecule has 2 aliphatic heterocycles. The molecule has 3 atom stereocenters. The van der Waals surface area contributed by atoms with Gasteiger partial charge in [0.25, 0.3) is 6.47 Å². The van der Waals surface area contributed by atoms with E-state index in [9.17, 15) is 5.11 Å². The van der Waals surface area contributed by atoms with Crippen molar-refractivity contribution in [2.45, 2.75) is 51.2 Å².